The predicted octanol–water partition coefficient (Wildman–Crippen LogP) is 7.67. The van der Waals surface area contributed by atoms with Gasteiger partial charge in [-0.1, -0.05) is 55.1 Å². The van der Waals surface area contributed by atoms with Crippen LogP contribution < -0.4 is 10.2 Å². The number of hydrogen-bond acceptors (Lipinski definition) is 5. The highest BCUT2D eigenvalue weighted by Crippen LogP contribution is 2.48. The Bertz CT molecular complexity index is 1170. The van der Waals surface area contributed by atoms with E-state index in [4.69, 9.17) is 39.6 Å². The number of nitrogens with zero attached hydrogens (tertiary/aromatic N) is 3. The van der Waals surface area contributed by atoms with Crippen LogP contribution in [0.4, 0.5) is 15.2 Å². The summed E-state index contributed by atoms with van der Waals surface area (Å²) in [6.45, 7) is 11.7. The topological polar surface area (TPSA) is 67.2 Å². The lowest BCUT2D eigenvalue weighted by atomic mass is 9.86. The lowest BCUT2D eigenvalue weighted by Gasteiger charge is -2.21. The maximum absolute atomic E-state index is 13.9. The van der Waals surface area contributed by atoms with Crippen LogP contribution in [0.25, 0.3) is 0 Å². The first-order valence-corrected chi connectivity index (χ1v) is 13.0. The fraction of sp³-hybridized carbons (Fsp3) is 0.400. The summed E-state index contributed by atoms with van der Waals surface area (Å²) in [5, 5.41) is 9.03. The predicted molar refractivity (Wildman–Crippen MR) is 151 cm³/mol. The minimum absolute atomic E-state index is 0.126. The average molecular weight is 578 g/mol. The van der Waals surface area contributed by atoms with Gasteiger partial charge in [-0.15, -0.1) is 5.10 Å². The Morgan fingerprint density at radius 3 is 2.17 bits per heavy atom. The zero-order chi connectivity index (χ0) is 27.8. The molecule has 0 unspecified atom stereocenters. The molecule has 0 atom stereocenters. The van der Waals surface area contributed by atoms with Crippen molar-refractivity contribution in [3.8, 4) is 0 Å². The molecule has 0 radical (unpaired) electrons. The molecule has 1 aliphatic heterocycles. The number of aromatic nitrogens is 2. The smallest absolute Gasteiger partial charge is 0.237 e. The van der Waals surface area contributed by atoms with Gasteiger partial charge in [-0.25, -0.2) is 8.46 Å². The van der Waals surface area contributed by atoms with Gasteiger partial charge < -0.3 is 15.0 Å². The first-order chi connectivity index (χ1) is 16.9. The van der Waals surface area contributed by atoms with Crippen molar-refractivity contribution in [2.45, 2.75) is 53.0 Å². The molecule has 0 aliphatic carbocycles. The molecule has 1 aliphatic rings. The van der Waals surface area contributed by atoms with Crippen LogP contribution in [0.3, 0.4) is 0 Å². The van der Waals surface area contributed by atoms with Crippen LogP contribution in [0.15, 0.2) is 24.3 Å². The highest BCUT2D eigenvalue weighted by molar-refractivity contribution is 7.11. The van der Waals surface area contributed by atoms with Crippen LogP contribution in [0.5, 0.6) is 0 Å². The van der Waals surface area contributed by atoms with Crippen molar-refractivity contribution < 1.29 is 14.0 Å². The third-order valence-corrected chi connectivity index (χ3v) is 7.05. The molecule has 0 saturated carbocycles. The highest BCUT2D eigenvalue weighted by atomic mass is 35.5. The van der Waals surface area contributed by atoms with E-state index in [1.165, 1.54) is 12.5 Å². The molecule has 1 aromatic heterocycles. The van der Waals surface area contributed by atoms with Crippen molar-refractivity contribution in [1.29, 1.82) is 0 Å². The molecule has 2 heterocycles. The van der Waals surface area contributed by atoms with Gasteiger partial charge in [0.15, 0.2) is 0 Å². The zero-order valence-electron chi connectivity index (χ0n) is 21.5. The maximum Gasteiger partial charge on any atom is 0.237 e. The first kappa shape index (κ1) is 31.9. The number of carbonyl (C=O) groups is 2. The molecule has 4 rings (SSSR count). The molecule has 0 fully saturated rings. The van der Waals surface area contributed by atoms with Crippen molar-refractivity contribution in [1.82, 2.24) is 9.17 Å². The van der Waals surface area contributed by atoms with Crippen LogP contribution in [-0.4, -0.2) is 28.9 Å². The van der Waals surface area contributed by atoms with E-state index in [9.17, 15) is 9.18 Å². The Kier molecular flexibility index (Phi) is 12.4. The van der Waals surface area contributed by atoms with Crippen LogP contribution >= 0.6 is 46.3 Å². The highest BCUT2D eigenvalue weighted by Gasteiger charge is 2.45. The number of hydrogen-bond donors (Lipinski definition) is 1. The molecule has 0 saturated heterocycles. The molecule has 1 N–H and O–H groups in total. The summed E-state index contributed by atoms with van der Waals surface area (Å²) in [7, 11) is 3.77. The number of fused-ring (bicyclic) bond motifs is 1. The second-order valence-electron chi connectivity index (χ2n) is 8.38. The second kappa shape index (κ2) is 14.0. The quantitative estimate of drug-likeness (QED) is 0.347. The number of anilines is 2. The number of benzene rings is 2. The van der Waals surface area contributed by atoms with E-state index in [1.54, 1.807) is 59.5 Å². The minimum atomic E-state index is -0.812. The molecule has 36 heavy (non-hydrogen) atoms. The molecule has 3 aromatic rings. The van der Waals surface area contributed by atoms with Crippen LogP contribution in [0.2, 0.25) is 15.1 Å². The summed E-state index contributed by atoms with van der Waals surface area (Å²) < 4.78 is 15.7. The van der Waals surface area contributed by atoms with Gasteiger partial charge in [-0.2, -0.15) is 0 Å². The van der Waals surface area contributed by atoms with E-state index < -0.39 is 5.41 Å². The summed E-state index contributed by atoms with van der Waals surface area (Å²) in [5.41, 5.74) is 1.56. The van der Waals surface area contributed by atoms with Crippen LogP contribution in [0, 0.1) is 12.7 Å². The third-order valence-electron chi connectivity index (χ3n) is 5.09. The molecular formula is C25H32Cl3FN4O2S. The van der Waals surface area contributed by atoms with E-state index >= 15 is 0 Å². The van der Waals surface area contributed by atoms with Gasteiger partial charge in [0.2, 0.25) is 11.0 Å². The molecule has 6 nitrogen and oxygen atoms in total. The van der Waals surface area contributed by atoms with E-state index in [2.05, 4.69) is 24.3 Å². The normalized spacial score (nSPS) is 13.0. The van der Waals surface area contributed by atoms with Gasteiger partial charge in [-0.3, -0.25) is 4.79 Å². The third kappa shape index (κ3) is 7.22. The molecule has 11 heteroatoms. The summed E-state index contributed by atoms with van der Waals surface area (Å²) in [4.78, 5) is 22.5. The molecular weight excluding hydrogens is 546 g/mol. The van der Waals surface area contributed by atoms with E-state index in [1.807, 2.05) is 20.9 Å². The Balaban J connectivity index is 0.000000450. The van der Waals surface area contributed by atoms with Crippen LogP contribution in [0.1, 0.15) is 50.8 Å². The lowest BCUT2D eigenvalue weighted by Crippen LogP contribution is -2.35. The van der Waals surface area contributed by atoms with E-state index in [0.717, 1.165) is 5.13 Å². The Hall–Kier alpha value is -2.13. The Morgan fingerprint density at radius 2 is 1.69 bits per heavy atom. The number of nitrogens with one attached hydrogen (secondary N) is 1. The number of rotatable bonds is 3. The summed E-state index contributed by atoms with van der Waals surface area (Å²) in [5.74, 6) is -0.478. The second-order valence-corrected chi connectivity index (χ2v) is 10.7. The lowest BCUT2D eigenvalue weighted by molar-refractivity contribution is -0.122. The zero-order valence-corrected chi connectivity index (χ0v) is 24.6. The van der Waals surface area contributed by atoms with Gasteiger partial charge in [0, 0.05) is 30.4 Å². The molecule has 198 valence electrons. The Morgan fingerprint density at radius 1 is 1.14 bits per heavy atom. The summed E-state index contributed by atoms with van der Waals surface area (Å²) in [6, 6.07) is 6.34. The monoisotopic (exact) mass is 576 g/mol. The van der Waals surface area contributed by atoms with Gasteiger partial charge in [-0.05, 0) is 67.7 Å². The maximum atomic E-state index is 13.9. The number of aryl methyl sites for hydroxylation is 2. The summed E-state index contributed by atoms with van der Waals surface area (Å²) in [6.07, 6.45) is 1.25. The fourth-order valence-electron chi connectivity index (χ4n) is 3.40. The van der Waals surface area contributed by atoms with Crippen molar-refractivity contribution in [3.05, 3.63) is 61.8 Å². The number of halogens is 4. The van der Waals surface area contributed by atoms with Gasteiger partial charge in [0.05, 0.1) is 22.0 Å². The molecule has 0 spiro atoms. The fourth-order valence-corrected chi connectivity index (χ4v) is 4.74. The van der Waals surface area contributed by atoms with E-state index in [0.29, 0.717) is 37.4 Å². The van der Waals surface area contributed by atoms with Crippen molar-refractivity contribution in [2.24, 2.45) is 7.05 Å². The van der Waals surface area contributed by atoms with Gasteiger partial charge in [0.1, 0.15) is 12.6 Å². The molecule has 1 amide bonds. The largest absolute Gasteiger partial charge is 0.362 e. The first-order valence-electron chi connectivity index (χ1n) is 11.1. The van der Waals surface area contributed by atoms with E-state index in [-0.39, 0.29) is 18.3 Å². The standard InChI is InChI=1S/C18H15Cl3FNO.C3H7N3S.C3H8.CH2O/c1-9-6-12(20)10(7-13(9)22)8-23-14-5-4-11(19)16(21)15(14)18(2,3)17(23)24;1-4-3-5-6(2)7-3;1-3-2;1-2/h4-7H,8H2,1-3H3;1-2H3,(H,4,5);3H2,1-2H3;1H2. The Labute approximate surface area is 231 Å². The van der Waals surface area contributed by atoms with Gasteiger partial charge in [0.25, 0.3) is 0 Å². The average Bonchev–Trinajstić information content (AvgIpc) is 3.00. The minimum Gasteiger partial charge on any atom is -0.362 e. The SMILES string of the molecule is C=O.CCC.CNc1nn(C)s1.Cc1cc(Cl)c(CN2C(=O)C(C)(C)c3c2ccc(Cl)c3Cl)cc1F. The van der Waals surface area contributed by atoms with Gasteiger partial charge >= 0.3 is 0 Å². The van der Waals surface area contributed by atoms with Crippen molar-refractivity contribution in [2.75, 3.05) is 17.3 Å². The number of carbonyl (C=O) groups excluding carboxylic acids is 2. The number of amides is 1. The van der Waals surface area contributed by atoms with Crippen molar-refractivity contribution in [3.63, 3.8) is 0 Å². The molecule has 0 bridgehead atoms. The van der Waals surface area contributed by atoms with Crippen molar-refractivity contribution >= 4 is 69.9 Å². The van der Waals surface area contributed by atoms with Crippen LogP contribution in [-0.2, 0) is 28.6 Å². The summed E-state index contributed by atoms with van der Waals surface area (Å²) >= 11 is 20.3. The molecule has 2 aromatic carbocycles.